The van der Waals surface area contributed by atoms with Crippen LogP contribution in [0, 0.1) is 16.0 Å². The van der Waals surface area contributed by atoms with Gasteiger partial charge in [-0.3, -0.25) is 14.9 Å². The Hall–Kier alpha value is -2.16. The van der Waals surface area contributed by atoms with Crippen molar-refractivity contribution in [3.05, 3.63) is 27.1 Å². The van der Waals surface area contributed by atoms with Gasteiger partial charge in [-0.15, -0.1) is 0 Å². The van der Waals surface area contributed by atoms with Crippen molar-refractivity contribution in [2.45, 2.75) is 39.3 Å². The lowest BCUT2D eigenvalue weighted by Crippen LogP contribution is -2.43. The van der Waals surface area contributed by atoms with E-state index in [1.54, 1.807) is 25.7 Å². The number of ether oxygens (including phenoxy) is 1. The number of hydrogen-bond acceptors (Lipinski definition) is 6. The van der Waals surface area contributed by atoms with Crippen molar-refractivity contribution in [1.29, 1.82) is 0 Å². The van der Waals surface area contributed by atoms with Crippen molar-refractivity contribution >= 4 is 28.3 Å². The van der Waals surface area contributed by atoms with Crippen molar-refractivity contribution < 1.29 is 19.2 Å². The molecule has 2 amide bonds. The minimum absolute atomic E-state index is 0.0611. The number of likely N-dealkylation sites (tertiary alicyclic amines) is 1. The number of amides is 2. The average molecular weight is 355 g/mol. The van der Waals surface area contributed by atoms with Gasteiger partial charge in [0.25, 0.3) is 5.91 Å². The van der Waals surface area contributed by atoms with E-state index in [4.69, 9.17) is 4.74 Å². The lowest BCUT2D eigenvalue weighted by Gasteiger charge is -2.23. The van der Waals surface area contributed by atoms with Crippen LogP contribution in [0.3, 0.4) is 0 Å². The van der Waals surface area contributed by atoms with Crippen molar-refractivity contribution in [2.75, 3.05) is 13.1 Å². The first-order valence-corrected chi connectivity index (χ1v) is 8.41. The number of nitrogens with one attached hydrogen (secondary N) is 1. The van der Waals surface area contributed by atoms with Crippen LogP contribution in [0.1, 0.15) is 37.4 Å². The van der Waals surface area contributed by atoms with Gasteiger partial charge in [0, 0.05) is 19.2 Å². The summed E-state index contributed by atoms with van der Waals surface area (Å²) in [6.07, 6.45) is -0.514. The van der Waals surface area contributed by atoms with Crippen molar-refractivity contribution in [3.63, 3.8) is 0 Å². The Morgan fingerprint density at radius 1 is 1.38 bits per heavy atom. The molecule has 2 unspecified atom stereocenters. The summed E-state index contributed by atoms with van der Waals surface area (Å²) in [4.78, 5) is 36.5. The molecule has 8 nitrogen and oxygen atoms in total. The molecule has 1 N–H and O–H groups in total. The summed E-state index contributed by atoms with van der Waals surface area (Å²) < 4.78 is 5.23. The lowest BCUT2D eigenvalue weighted by molar-refractivity contribution is -0.380. The molecule has 0 aromatic carbocycles. The first-order chi connectivity index (χ1) is 11.1. The molecule has 1 aliphatic rings. The van der Waals surface area contributed by atoms with E-state index in [0.29, 0.717) is 18.0 Å². The molecule has 2 heterocycles. The maximum absolute atomic E-state index is 12.5. The van der Waals surface area contributed by atoms with Crippen molar-refractivity contribution in [3.8, 4) is 0 Å². The predicted molar refractivity (Wildman–Crippen MR) is 89.2 cm³/mol. The maximum atomic E-state index is 12.5. The molecule has 0 aliphatic carbocycles. The Kier molecular flexibility index (Phi) is 5.12. The zero-order chi connectivity index (χ0) is 18.1. The van der Waals surface area contributed by atoms with Gasteiger partial charge in [-0.2, -0.15) is 0 Å². The van der Waals surface area contributed by atoms with Gasteiger partial charge < -0.3 is 15.0 Å². The maximum Gasteiger partial charge on any atom is 0.407 e. The quantitative estimate of drug-likeness (QED) is 0.663. The number of thiophene rings is 1. The Morgan fingerprint density at radius 2 is 2.04 bits per heavy atom. The van der Waals surface area contributed by atoms with E-state index in [-0.39, 0.29) is 22.9 Å². The Morgan fingerprint density at radius 3 is 2.58 bits per heavy atom. The van der Waals surface area contributed by atoms with Gasteiger partial charge in [-0.1, -0.05) is 18.3 Å². The first kappa shape index (κ1) is 18.2. The van der Waals surface area contributed by atoms with Gasteiger partial charge in [-0.25, -0.2) is 4.79 Å². The summed E-state index contributed by atoms with van der Waals surface area (Å²) in [6, 6.07) is 2.58. The normalized spacial score (nSPS) is 20.8. The predicted octanol–water partition coefficient (Wildman–Crippen LogP) is 2.64. The third kappa shape index (κ3) is 4.44. The smallest absolute Gasteiger partial charge is 0.407 e. The molecule has 132 valence electrons. The van der Waals surface area contributed by atoms with E-state index in [0.717, 1.165) is 11.3 Å². The SMILES string of the molecule is CC1CN(C(=O)c2ccc([N+](=O)[O-])s2)CC1NC(=O)OC(C)(C)C. The molecule has 2 atom stereocenters. The summed E-state index contributed by atoms with van der Waals surface area (Å²) in [6.45, 7) is 8.11. The standard InChI is InChI=1S/C15H21N3O5S/c1-9-7-17(8-10(9)16-14(20)23-15(2,3)4)13(19)11-5-6-12(24-11)18(21)22/h5-6,9-10H,7-8H2,1-4H3,(H,16,20). The number of hydrogen-bond donors (Lipinski definition) is 1. The number of alkyl carbamates (subject to hydrolysis) is 1. The topological polar surface area (TPSA) is 102 Å². The first-order valence-electron chi connectivity index (χ1n) is 7.60. The summed E-state index contributed by atoms with van der Waals surface area (Å²) in [5.74, 6) is -0.190. The molecule has 1 fully saturated rings. The zero-order valence-corrected chi connectivity index (χ0v) is 14.9. The molecular weight excluding hydrogens is 334 g/mol. The fourth-order valence-electron chi connectivity index (χ4n) is 2.48. The van der Waals surface area contributed by atoms with E-state index >= 15 is 0 Å². The highest BCUT2D eigenvalue weighted by Gasteiger charge is 2.35. The Bertz CT molecular complexity index is 652. The van der Waals surface area contributed by atoms with E-state index in [9.17, 15) is 19.7 Å². The summed E-state index contributed by atoms with van der Waals surface area (Å²) in [5, 5.41) is 13.5. The molecule has 2 rings (SSSR count). The molecule has 1 aromatic rings. The highest BCUT2D eigenvalue weighted by molar-refractivity contribution is 7.17. The Balaban J connectivity index is 1.98. The molecule has 0 radical (unpaired) electrons. The molecule has 24 heavy (non-hydrogen) atoms. The van der Waals surface area contributed by atoms with Crippen molar-refractivity contribution in [1.82, 2.24) is 10.2 Å². The molecule has 0 spiro atoms. The van der Waals surface area contributed by atoms with Crippen LogP contribution in [0.15, 0.2) is 12.1 Å². The fraction of sp³-hybridized carbons (Fsp3) is 0.600. The monoisotopic (exact) mass is 355 g/mol. The molecule has 9 heteroatoms. The van der Waals surface area contributed by atoms with Gasteiger partial charge in [0.2, 0.25) is 0 Å². The average Bonchev–Trinajstić information content (AvgIpc) is 3.04. The number of carbonyl (C=O) groups excluding carboxylic acids is 2. The summed E-state index contributed by atoms with van der Waals surface area (Å²) in [7, 11) is 0. The van der Waals surface area contributed by atoms with Crippen LogP contribution in [0.5, 0.6) is 0 Å². The summed E-state index contributed by atoms with van der Waals surface area (Å²) >= 11 is 0.858. The van der Waals surface area contributed by atoms with E-state index in [1.165, 1.54) is 12.1 Å². The van der Waals surface area contributed by atoms with E-state index in [2.05, 4.69) is 5.32 Å². The third-order valence-electron chi connectivity index (χ3n) is 3.58. The van der Waals surface area contributed by atoms with Crippen LogP contribution >= 0.6 is 11.3 Å². The lowest BCUT2D eigenvalue weighted by atomic mass is 10.1. The van der Waals surface area contributed by atoms with Crippen LogP contribution in [0.4, 0.5) is 9.80 Å². The highest BCUT2D eigenvalue weighted by Crippen LogP contribution is 2.27. The second-order valence-electron chi connectivity index (χ2n) is 6.84. The number of nitrogens with zero attached hydrogens (tertiary/aromatic N) is 2. The minimum Gasteiger partial charge on any atom is -0.444 e. The number of carbonyl (C=O) groups is 2. The van der Waals surface area contributed by atoms with Gasteiger partial charge in [0.15, 0.2) is 0 Å². The molecule has 0 saturated carbocycles. The largest absolute Gasteiger partial charge is 0.444 e. The second kappa shape index (κ2) is 6.76. The second-order valence-corrected chi connectivity index (χ2v) is 7.90. The van der Waals surface area contributed by atoms with E-state index < -0.39 is 16.6 Å². The zero-order valence-electron chi connectivity index (χ0n) is 14.1. The van der Waals surface area contributed by atoms with Gasteiger partial charge in [0.05, 0.1) is 15.8 Å². The third-order valence-corrected chi connectivity index (χ3v) is 4.61. The molecule has 1 aliphatic heterocycles. The van der Waals surface area contributed by atoms with Crippen LogP contribution in [0.25, 0.3) is 0 Å². The molecule has 0 bridgehead atoms. The molecule has 1 aromatic heterocycles. The molecular formula is C15H21N3O5S. The van der Waals surface area contributed by atoms with Crippen LogP contribution in [-0.2, 0) is 4.74 Å². The van der Waals surface area contributed by atoms with Gasteiger partial charge in [-0.05, 0) is 32.8 Å². The van der Waals surface area contributed by atoms with Crippen LogP contribution in [-0.4, -0.2) is 46.6 Å². The van der Waals surface area contributed by atoms with Gasteiger partial charge >= 0.3 is 11.1 Å². The molecule has 1 saturated heterocycles. The van der Waals surface area contributed by atoms with Crippen molar-refractivity contribution in [2.24, 2.45) is 5.92 Å². The Labute approximate surface area is 143 Å². The van der Waals surface area contributed by atoms with Gasteiger partial charge in [0.1, 0.15) is 5.60 Å². The van der Waals surface area contributed by atoms with Crippen LogP contribution in [0.2, 0.25) is 0 Å². The number of rotatable bonds is 3. The van der Waals surface area contributed by atoms with E-state index in [1.807, 2.05) is 6.92 Å². The highest BCUT2D eigenvalue weighted by atomic mass is 32.1. The van der Waals surface area contributed by atoms with Crippen LogP contribution < -0.4 is 5.32 Å². The summed E-state index contributed by atoms with van der Waals surface area (Å²) in [5.41, 5.74) is -0.586. The number of nitro groups is 1. The fourth-order valence-corrected chi connectivity index (χ4v) is 3.26. The minimum atomic E-state index is -0.586.